The Hall–Kier alpha value is -4.35. The van der Waals surface area contributed by atoms with Crippen LogP contribution in [0.2, 0.25) is 0 Å². The van der Waals surface area contributed by atoms with Crippen molar-refractivity contribution in [2.24, 2.45) is 0 Å². The van der Waals surface area contributed by atoms with Crippen molar-refractivity contribution in [2.45, 2.75) is 22.8 Å². The van der Waals surface area contributed by atoms with Crippen LogP contribution in [0.15, 0.2) is 76.7 Å². The third kappa shape index (κ3) is 3.98. The van der Waals surface area contributed by atoms with Crippen LogP contribution in [0.4, 0.5) is 11.4 Å². The number of rotatable bonds is 4. The quantitative estimate of drug-likeness (QED) is 0.369. The van der Waals surface area contributed by atoms with Crippen molar-refractivity contribution in [3.63, 3.8) is 0 Å². The molecule has 0 saturated heterocycles. The molecule has 0 saturated carbocycles. The normalized spacial score (nSPS) is 15.0. The van der Waals surface area contributed by atoms with Gasteiger partial charge in [-0.2, -0.15) is 0 Å². The zero-order valence-electron chi connectivity index (χ0n) is 19.1. The van der Waals surface area contributed by atoms with Crippen molar-refractivity contribution in [2.75, 3.05) is 10.6 Å². The number of benzene rings is 3. The fraction of sp³-hybridized carbons (Fsp3) is 0.0769. The molecule has 3 amide bonds. The summed E-state index contributed by atoms with van der Waals surface area (Å²) in [6, 6.07) is 15.8. The Balaban J connectivity index is 1.21. The van der Waals surface area contributed by atoms with E-state index in [9.17, 15) is 22.8 Å². The maximum absolute atomic E-state index is 13.1. The number of aromatic nitrogens is 1. The minimum atomic E-state index is -3.95. The Kier molecular flexibility index (Phi) is 5.39. The van der Waals surface area contributed by atoms with Crippen LogP contribution in [0.3, 0.4) is 0 Å². The van der Waals surface area contributed by atoms with Gasteiger partial charge in [0.25, 0.3) is 11.8 Å². The number of para-hydroxylation sites is 1. The summed E-state index contributed by atoms with van der Waals surface area (Å²) in [7, 11) is -3.95. The smallest absolute Gasteiger partial charge is 0.257 e. The molecule has 0 bridgehead atoms. The summed E-state index contributed by atoms with van der Waals surface area (Å²) in [5.74, 6) is -1.05. The van der Waals surface area contributed by atoms with Crippen LogP contribution in [0.1, 0.15) is 31.2 Å². The van der Waals surface area contributed by atoms with Crippen LogP contribution in [0, 0.1) is 0 Å². The Bertz CT molecular complexity index is 1740. The van der Waals surface area contributed by atoms with Gasteiger partial charge in [0.2, 0.25) is 15.7 Å². The van der Waals surface area contributed by atoms with Crippen LogP contribution in [0.5, 0.6) is 0 Å². The Labute approximate surface area is 215 Å². The van der Waals surface area contributed by atoms with E-state index >= 15 is 0 Å². The summed E-state index contributed by atoms with van der Waals surface area (Å²) in [5, 5.41) is 9.02. The highest BCUT2D eigenvalue weighted by Gasteiger charge is 2.31. The lowest BCUT2D eigenvalue weighted by atomic mass is 10.1. The number of sulfone groups is 1. The molecule has 3 aromatic carbocycles. The first-order chi connectivity index (χ1) is 17.8. The first-order valence-corrected chi connectivity index (χ1v) is 13.6. The van der Waals surface area contributed by atoms with Crippen molar-refractivity contribution in [1.82, 2.24) is 10.3 Å². The minimum Gasteiger partial charge on any atom is -0.347 e. The monoisotopic (exact) mass is 530 g/mol. The Morgan fingerprint density at radius 1 is 0.973 bits per heavy atom. The molecule has 0 spiro atoms. The molecule has 4 aromatic rings. The molecule has 2 aliphatic rings. The molecule has 1 aromatic heterocycles. The van der Waals surface area contributed by atoms with Crippen molar-refractivity contribution >= 4 is 50.3 Å². The average Bonchev–Trinajstić information content (AvgIpc) is 3.50. The lowest BCUT2D eigenvalue weighted by Gasteiger charge is -2.10. The van der Waals surface area contributed by atoms with Gasteiger partial charge in [-0.25, -0.2) is 13.4 Å². The van der Waals surface area contributed by atoms with Crippen LogP contribution in [0.25, 0.3) is 10.6 Å². The second kappa shape index (κ2) is 8.64. The highest BCUT2D eigenvalue weighted by Crippen LogP contribution is 2.37. The second-order valence-corrected chi connectivity index (χ2v) is 11.5. The molecule has 2 aliphatic heterocycles. The third-order valence-corrected chi connectivity index (χ3v) is 9.07. The van der Waals surface area contributed by atoms with E-state index in [1.165, 1.54) is 41.7 Å². The number of hydrogen-bond acceptors (Lipinski definition) is 7. The molecular weight excluding hydrogens is 512 g/mol. The van der Waals surface area contributed by atoms with Crippen LogP contribution in [-0.2, 0) is 27.6 Å². The fourth-order valence-corrected chi connectivity index (χ4v) is 6.89. The van der Waals surface area contributed by atoms with Crippen LogP contribution < -0.4 is 16.0 Å². The maximum atomic E-state index is 13.1. The first-order valence-electron chi connectivity index (χ1n) is 11.3. The van der Waals surface area contributed by atoms with Gasteiger partial charge in [0.05, 0.1) is 39.7 Å². The number of carbonyl (C=O) groups is 3. The lowest BCUT2D eigenvalue weighted by Crippen LogP contribution is -2.22. The van der Waals surface area contributed by atoms with Gasteiger partial charge in [0.1, 0.15) is 5.01 Å². The number of anilines is 2. The molecule has 9 nitrogen and oxygen atoms in total. The zero-order chi connectivity index (χ0) is 25.7. The second-order valence-electron chi connectivity index (χ2n) is 8.54. The van der Waals surface area contributed by atoms with Gasteiger partial charge < -0.3 is 16.0 Å². The highest BCUT2D eigenvalue weighted by molar-refractivity contribution is 7.91. The molecule has 3 N–H and O–H groups in total. The van der Waals surface area contributed by atoms with Gasteiger partial charge >= 0.3 is 0 Å². The van der Waals surface area contributed by atoms with Gasteiger partial charge in [-0.1, -0.05) is 24.3 Å². The largest absolute Gasteiger partial charge is 0.347 e. The van der Waals surface area contributed by atoms with E-state index < -0.39 is 21.7 Å². The van der Waals surface area contributed by atoms with E-state index in [1.807, 2.05) is 18.2 Å². The number of hydrogen-bond donors (Lipinski definition) is 3. The van der Waals surface area contributed by atoms with E-state index in [0.717, 1.165) is 26.7 Å². The van der Waals surface area contributed by atoms with Crippen LogP contribution in [-0.4, -0.2) is 31.1 Å². The van der Waals surface area contributed by atoms with Gasteiger partial charge in [-0.3, -0.25) is 14.4 Å². The lowest BCUT2D eigenvalue weighted by molar-refractivity contribution is -0.115. The summed E-state index contributed by atoms with van der Waals surface area (Å²) in [6.45, 7) is 0.199. The number of nitrogens with zero attached hydrogens (tertiary/aromatic N) is 1. The summed E-state index contributed by atoms with van der Waals surface area (Å²) >= 11 is 1.40. The van der Waals surface area contributed by atoms with Crippen molar-refractivity contribution in [1.29, 1.82) is 0 Å². The highest BCUT2D eigenvalue weighted by atomic mass is 32.2. The molecule has 0 atom stereocenters. The molecule has 0 radical (unpaired) electrons. The number of thiazole rings is 1. The molecule has 11 heteroatoms. The standard InChI is InChI=1S/C26H18N4O5S2/c31-22-11-14-4-3-6-18(23(14)30-22)26-28-13-16(36-26)12-27-24(32)15-8-9-21-19(10-15)29-25(33)17-5-1-2-7-20(17)37(21,34)35/h1-10,13H,11-12H2,(H,27,32)(H,29,33)(H,30,31). The van der Waals surface area contributed by atoms with Crippen LogP contribution >= 0.6 is 11.3 Å². The molecule has 184 valence electrons. The summed E-state index contributed by atoms with van der Waals surface area (Å²) < 4.78 is 26.3. The third-order valence-electron chi connectivity index (χ3n) is 6.17. The zero-order valence-corrected chi connectivity index (χ0v) is 20.7. The van der Waals surface area contributed by atoms with E-state index in [1.54, 1.807) is 18.3 Å². The van der Waals surface area contributed by atoms with E-state index in [0.29, 0.717) is 6.42 Å². The van der Waals surface area contributed by atoms with Gasteiger partial charge in [-0.15, -0.1) is 11.3 Å². The molecule has 6 rings (SSSR count). The predicted molar refractivity (Wildman–Crippen MR) is 137 cm³/mol. The molecule has 0 unspecified atom stereocenters. The fourth-order valence-electron chi connectivity index (χ4n) is 4.41. The number of fused-ring (bicyclic) bond motifs is 3. The Morgan fingerprint density at radius 3 is 2.65 bits per heavy atom. The SMILES string of the molecule is O=C1Cc2cccc(-c3ncc(CNC(=O)c4ccc5c(c4)NC(=O)c4ccccc4S5(=O)=O)s3)c2N1. The van der Waals surface area contributed by atoms with Crippen molar-refractivity contribution in [3.8, 4) is 10.6 Å². The molecule has 37 heavy (non-hydrogen) atoms. The number of amides is 3. The Morgan fingerprint density at radius 2 is 1.78 bits per heavy atom. The average molecular weight is 531 g/mol. The predicted octanol–water partition coefficient (Wildman–Crippen LogP) is 3.63. The van der Waals surface area contributed by atoms with Gasteiger partial charge in [0, 0.05) is 22.2 Å². The number of carbonyl (C=O) groups excluding carboxylic acids is 3. The van der Waals surface area contributed by atoms with Gasteiger partial charge in [0.15, 0.2) is 0 Å². The van der Waals surface area contributed by atoms with Crippen molar-refractivity contribution in [3.05, 3.63) is 88.4 Å². The first kappa shape index (κ1) is 23.1. The topological polar surface area (TPSA) is 134 Å². The molecule has 3 heterocycles. The number of nitrogens with one attached hydrogen (secondary N) is 3. The van der Waals surface area contributed by atoms with Crippen molar-refractivity contribution < 1.29 is 22.8 Å². The minimum absolute atomic E-state index is 0.0499. The van der Waals surface area contributed by atoms with E-state index in [4.69, 9.17) is 0 Å². The summed E-state index contributed by atoms with van der Waals surface area (Å²) in [5.41, 5.74) is 2.82. The summed E-state index contributed by atoms with van der Waals surface area (Å²) in [6.07, 6.45) is 2.00. The summed E-state index contributed by atoms with van der Waals surface area (Å²) in [4.78, 5) is 42.4. The maximum Gasteiger partial charge on any atom is 0.257 e. The molecular formula is C26H18N4O5S2. The molecule has 0 aliphatic carbocycles. The van der Waals surface area contributed by atoms with Gasteiger partial charge in [-0.05, 0) is 42.0 Å². The van der Waals surface area contributed by atoms with E-state index in [2.05, 4.69) is 20.9 Å². The molecule has 0 fully saturated rings. The van der Waals surface area contributed by atoms with E-state index in [-0.39, 0.29) is 39.1 Å².